The molecule has 1 aromatic carbocycles. The fraction of sp³-hybridized carbons (Fsp3) is 0.375. The first-order valence-electron chi connectivity index (χ1n) is 11.0. The molecule has 0 aliphatic carbocycles. The minimum absolute atomic E-state index is 0.0448. The van der Waals surface area contributed by atoms with Crippen LogP contribution in [0.15, 0.2) is 48.8 Å². The van der Waals surface area contributed by atoms with Crippen LogP contribution in [0, 0.1) is 11.3 Å². The Morgan fingerprint density at radius 2 is 2.03 bits per heavy atom. The van der Waals surface area contributed by atoms with E-state index in [2.05, 4.69) is 15.6 Å². The minimum Gasteiger partial charge on any atom is -0.393 e. The predicted octanol–water partition coefficient (Wildman–Crippen LogP) is 5.32. The van der Waals surface area contributed by atoms with Gasteiger partial charge in [-0.25, -0.2) is 13.8 Å². The number of anilines is 1. The molecule has 1 unspecified atom stereocenters. The van der Waals surface area contributed by atoms with Crippen molar-refractivity contribution >= 4 is 34.6 Å². The number of carbonyl (C=O) groups excluding carboxylic acids is 1. The van der Waals surface area contributed by atoms with E-state index < -0.39 is 54.2 Å². The number of alkyl halides is 5. The van der Waals surface area contributed by atoms with Gasteiger partial charge in [0.1, 0.15) is 11.5 Å². The van der Waals surface area contributed by atoms with Gasteiger partial charge in [0.2, 0.25) is 0 Å². The van der Waals surface area contributed by atoms with E-state index in [9.17, 15) is 26.7 Å². The molecule has 194 valence electrons. The van der Waals surface area contributed by atoms with Crippen LogP contribution in [-0.4, -0.2) is 53.6 Å². The van der Waals surface area contributed by atoms with Crippen molar-refractivity contribution in [3.05, 3.63) is 64.9 Å². The molecule has 2 heterocycles. The highest BCUT2D eigenvalue weighted by Crippen LogP contribution is 2.35. The van der Waals surface area contributed by atoms with Crippen molar-refractivity contribution in [1.82, 2.24) is 15.2 Å². The lowest BCUT2D eigenvalue weighted by Gasteiger charge is -2.43. The predicted molar refractivity (Wildman–Crippen MR) is 128 cm³/mol. The van der Waals surface area contributed by atoms with E-state index >= 15 is 0 Å². The zero-order valence-corrected chi connectivity index (χ0v) is 20.2. The van der Waals surface area contributed by atoms with Gasteiger partial charge < -0.3 is 15.5 Å². The summed E-state index contributed by atoms with van der Waals surface area (Å²) in [5.41, 5.74) is -0.804. The number of hydrogen-bond donors (Lipinski definition) is 3. The summed E-state index contributed by atoms with van der Waals surface area (Å²) in [7, 11) is 1.57. The molecule has 1 amide bonds. The van der Waals surface area contributed by atoms with Crippen molar-refractivity contribution in [3.8, 4) is 0 Å². The third kappa shape index (κ3) is 6.51. The molecule has 36 heavy (non-hydrogen) atoms. The number of piperidine rings is 1. The summed E-state index contributed by atoms with van der Waals surface area (Å²) in [4.78, 5) is 18.1. The van der Waals surface area contributed by atoms with E-state index in [1.165, 1.54) is 6.20 Å². The molecule has 1 saturated heterocycles. The fourth-order valence-electron chi connectivity index (χ4n) is 4.11. The first kappa shape index (κ1) is 27.4. The summed E-state index contributed by atoms with van der Waals surface area (Å²) in [6.45, 7) is 0.620. The van der Waals surface area contributed by atoms with Gasteiger partial charge in [-0.15, -0.1) is 0 Å². The number of nitrogens with zero attached hydrogens (tertiary/aromatic N) is 2. The number of rotatable bonds is 7. The molecule has 12 heteroatoms. The molecule has 2 atom stereocenters. The number of carbonyl (C=O) groups is 1. The number of aromatic nitrogens is 1. The van der Waals surface area contributed by atoms with Crippen LogP contribution in [0.5, 0.6) is 0 Å². The van der Waals surface area contributed by atoms with Gasteiger partial charge >= 0.3 is 6.18 Å². The molecular weight excluding hydrogens is 505 g/mol. The maximum Gasteiger partial charge on any atom is 0.417 e. The Hall–Kier alpha value is -3.21. The maximum absolute atomic E-state index is 14.5. The van der Waals surface area contributed by atoms with Crippen LogP contribution >= 0.6 is 11.6 Å². The molecule has 1 aliphatic heterocycles. The largest absolute Gasteiger partial charge is 0.417 e. The van der Waals surface area contributed by atoms with Gasteiger partial charge in [0, 0.05) is 43.0 Å². The van der Waals surface area contributed by atoms with Crippen LogP contribution in [0.4, 0.5) is 27.8 Å². The van der Waals surface area contributed by atoms with E-state index in [1.807, 2.05) is 0 Å². The lowest BCUT2D eigenvalue weighted by Crippen LogP contribution is -2.58. The topological polar surface area (TPSA) is 81.1 Å². The minimum atomic E-state index is -4.54. The van der Waals surface area contributed by atoms with E-state index in [0.29, 0.717) is 16.8 Å². The van der Waals surface area contributed by atoms with Crippen molar-refractivity contribution in [2.45, 2.75) is 31.5 Å². The van der Waals surface area contributed by atoms with Gasteiger partial charge in [-0.1, -0.05) is 30.7 Å². The normalized spacial score (nSPS) is 20.1. The second kappa shape index (κ2) is 10.8. The van der Waals surface area contributed by atoms with Crippen molar-refractivity contribution in [2.24, 2.45) is 5.92 Å². The van der Waals surface area contributed by atoms with Gasteiger partial charge in [0.25, 0.3) is 11.8 Å². The third-order valence-corrected chi connectivity index (χ3v) is 6.07. The number of likely N-dealkylation sites (tertiary alicyclic amines) is 1. The average Bonchev–Trinajstić information content (AvgIpc) is 2.80. The van der Waals surface area contributed by atoms with Crippen LogP contribution < -0.4 is 10.6 Å². The summed E-state index contributed by atoms with van der Waals surface area (Å²) in [6.07, 6.45) is -2.94. The molecule has 1 aromatic heterocycles. The molecule has 0 radical (unpaired) electrons. The highest BCUT2D eigenvalue weighted by molar-refractivity contribution is 6.54. The van der Waals surface area contributed by atoms with Crippen LogP contribution in [-0.2, 0) is 11.0 Å². The summed E-state index contributed by atoms with van der Waals surface area (Å²) < 4.78 is 67.4. The second-order valence-electron chi connectivity index (χ2n) is 8.58. The van der Waals surface area contributed by atoms with E-state index in [4.69, 9.17) is 17.0 Å². The first-order valence-corrected chi connectivity index (χ1v) is 11.4. The molecule has 0 bridgehead atoms. The highest BCUT2D eigenvalue weighted by atomic mass is 35.5. The molecule has 3 rings (SSSR count). The van der Waals surface area contributed by atoms with Crippen LogP contribution in [0.3, 0.4) is 0 Å². The average molecular weight is 530 g/mol. The molecule has 6 nitrogen and oxygen atoms in total. The van der Waals surface area contributed by atoms with Gasteiger partial charge in [-0.05, 0) is 35.7 Å². The van der Waals surface area contributed by atoms with Gasteiger partial charge in [-0.2, -0.15) is 13.2 Å². The highest BCUT2D eigenvalue weighted by Gasteiger charge is 2.46. The summed E-state index contributed by atoms with van der Waals surface area (Å²) >= 11 is 6.05. The number of nitrogens with one attached hydrogen (secondary N) is 3. The Balaban J connectivity index is 1.84. The maximum atomic E-state index is 14.5. The lowest BCUT2D eigenvalue weighted by atomic mass is 9.87. The number of benzene rings is 1. The fourth-order valence-corrected chi connectivity index (χ4v) is 4.30. The molecule has 3 N–H and O–H groups in total. The molecule has 1 fully saturated rings. The van der Waals surface area contributed by atoms with E-state index in [-0.39, 0.29) is 17.9 Å². The third-order valence-electron chi connectivity index (χ3n) is 5.83. The number of amides is 1. The summed E-state index contributed by atoms with van der Waals surface area (Å²) in [5, 5.41) is 14.5. The summed E-state index contributed by atoms with van der Waals surface area (Å²) in [5.74, 6) is -4.64. The number of halogens is 6. The zero-order chi connectivity index (χ0) is 26.7. The molecule has 0 saturated carbocycles. The van der Waals surface area contributed by atoms with Gasteiger partial charge in [0.15, 0.2) is 0 Å². The van der Waals surface area contributed by atoms with Crippen LogP contribution in [0.1, 0.15) is 24.5 Å². The Bertz CT molecular complexity index is 1140. The van der Waals surface area contributed by atoms with Crippen molar-refractivity contribution < 1.29 is 26.7 Å². The Labute approximate surface area is 210 Å². The quantitative estimate of drug-likeness (QED) is 0.335. The molecule has 0 spiro atoms. The molecule has 2 aromatic rings. The SMILES string of the molecule is CN/C=C(\C(=N)C(=O)N1CC(F)(F)C[C@@H](C)C1CNc1ccc(C(F)(F)F)cn1)c1cccc(Cl)c1. The zero-order valence-electron chi connectivity index (χ0n) is 19.5. The van der Waals surface area contributed by atoms with Crippen LogP contribution in [0.2, 0.25) is 5.02 Å². The number of hydrogen-bond acceptors (Lipinski definition) is 5. The van der Waals surface area contributed by atoms with Gasteiger partial charge in [-0.3, -0.25) is 10.2 Å². The molecular formula is C24H25ClF5N5O. The Morgan fingerprint density at radius 1 is 1.31 bits per heavy atom. The summed E-state index contributed by atoms with van der Waals surface area (Å²) in [6, 6.07) is 7.67. The smallest absolute Gasteiger partial charge is 0.393 e. The second-order valence-corrected chi connectivity index (χ2v) is 9.02. The Kier molecular flexibility index (Phi) is 8.22. The molecule has 1 aliphatic rings. The number of pyridine rings is 1. The van der Waals surface area contributed by atoms with E-state index in [0.717, 1.165) is 17.0 Å². The van der Waals surface area contributed by atoms with Crippen molar-refractivity contribution in [3.63, 3.8) is 0 Å². The Morgan fingerprint density at radius 3 is 2.61 bits per heavy atom. The first-order chi connectivity index (χ1) is 16.8. The lowest BCUT2D eigenvalue weighted by molar-refractivity contribution is -0.145. The standard InChI is InChI=1S/C24H25ClF5N5O/c1-14-9-23(26,27)13-35(19(14)12-34-20-7-6-16(10-33-20)24(28,29)30)22(36)21(31)18(11-32-2)15-4-3-5-17(25)8-15/h3-8,10-11,14,19,31-32H,9,12-13H2,1-2H3,(H,33,34)/b18-11-,31-21?/t14-,19?/m1/s1. The van der Waals surface area contributed by atoms with E-state index in [1.54, 1.807) is 38.2 Å². The monoisotopic (exact) mass is 529 g/mol. The van der Waals surface area contributed by atoms with Crippen LogP contribution in [0.25, 0.3) is 5.57 Å². The van der Waals surface area contributed by atoms with Crippen molar-refractivity contribution in [2.75, 3.05) is 25.5 Å². The van der Waals surface area contributed by atoms with Crippen molar-refractivity contribution in [1.29, 1.82) is 5.41 Å². The van der Waals surface area contributed by atoms with Gasteiger partial charge in [0.05, 0.1) is 18.2 Å².